The van der Waals surface area contributed by atoms with Crippen LogP contribution in [0.15, 0.2) is 59.5 Å². The first kappa shape index (κ1) is 21.4. The molecular formula is C25H23FN2O4. The lowest BCUT2D eigenvalue weighted by Gasteiger charge is -2.24. The fraction of sp³-hybridized carbons (Fsp3) is 0.200. The molecule has 2 heterocycles. The van der Waals surface area contributed by atoms with Gasteiger partial charge in [0.2, 0.25) is 0 Å². The number of halogens is 1. The second-order valence-corrected chi connectivity index (χ2v) is 8.71. The number of phenols is 1. The van der Waals surface area contributed by atoms with Crippen LogP contribution in [0, 0.1) is 5.82 Å². The smallest absolute Gasteiger partial charge is 0.260 e. The van der Waals surface area contributed by atoms with Crippen molar-refractivity contribution >= 4 is 17.4 Å². The van der Waals surface area contributed by atoms with Gasteiger partial charge in [-0.05, 0) is 41.3 Å². The van der Waals surface area contributed by atoms with E-state index in [1.807, 2.05) is 32.9 Å². The highest BCUT2D eigenvalue weighted by molar-refractivity contribution is 6.31. The van der Waals surface area contributed by atoms with E-state index in [-0.39, 0.29) is 28.8 Å². The number of benzene rings is 2. The van der Waals surface area contributed by atoms with Gasteiger partial charge in [0.1, 0.15) is 11.6 Å². The standard InChI is InChI=1S/C25H23FN2O4/c1-25(2,3)16-4-5-17-19(9-16)20(24(31)28-23(17)30)12-27-11-15-8-22(29)18(10-21(15)26)14-6-7-32-13-14/h4-10,12-13,27,29H,11H2,1-3H3,(H,28,30,31)/b20-12-. The van der Waals surface area contributed by atoms with Crippen LogP contribution in [-0.2, 0) is 16.8 Å². The summed E-state index contributed by atoms with van der Waals surface area (Å²) in [4.78, 5) is 24.8. The summed E-state index contributed by atoms with van der Waals surface area (Å²) in [6.07, 6.45) is 4.33. The average molecular weight is 434 g/mol. The minimum atomic E-state index is -0.528. The molecule has 4 rings (SSSR count). The van der Waals surface area contributed by atoms with Crippen LogP contribution in [-0.4, -0.2) is 16.9 Å². The Hall–Kier alpha value is -3.87. The maximum Gasteiger partial charge on any atom is 0.260 e. The molecule has 1 aliphatic rings. The fourth-order valence-electron chi connectivity index (χ4n) is 3.59. The van der Waals surface area contributed by atoms with Gasteiger partial charge >= 0.3 is 0 Å². The molecule has 3 N–H and O–H groups in total. The Kier molecular flexibility index (Phi) is 5.34. The molecule has 0 saturated carbocycles. The predicted molar refractivity (Wildman–Crippen MR) is 118 cm³/mol. The third kappa shape index (κ3) is 4.01. The minimum absolute atomic E-state index is 0.0318. The van der Waals surface area contributed by atoms with Gasteiger partial charge in [0.15, 0.2) is 0 Å². The molecule has 6 nitrogen and oxygen atoms in total. The monoisotopic (exact) mass is 434 g/mol. The SMILES string of the molecule is CC(C)(C)c1ccc2c(c1)/C(=C/NCc1cc(O)c(-c3ccoc3)cc1F)C(=O)NC2=O. The van der Waals surface area contributed by atoms with Gasteiger partial charge in [-0.1, -0.05) is 26.8 Å². The van der Waals surface area contributed by atoms with Crippen molar-refractivity contribution in [2.45, 2.75) is 32.7 Å². The zero-order chi connectivity index (χ0) is 23.0. The zero-order valence-electron chi connectivity index (χ0n) is 18.0. The third-order valence-electron chi connectivity index (χ3n) is 5.43. The first-order chi connectivity index (χ1) is 15.1. The van der Waals surface area contributed by atoms with Gasteiger partial charge in [-0.3, -0.25) is 14.9 Å². The van der Waals surface area contributed by atoms with Crippen molar-refractivity contribution in [2.24, 2.45) is 0 Å². The summed E-state index contributed by atoms with van der Waals surface area (Å²) >= 11 is 0. The lowest BCUT2D eigenvalue weighted by molar-refractivity contribution is -0.114. The first-order valence-corrected chi connectivity index (χ1v) is 10.1. The maximum absolute atomic E-state index is 14.6. The second-order valence-electron chi connectivity index (χ2n) is 8.71. The fourth-order valence-corrected chi connectivity index (χ4v) is 3.59. The van der Waals surface area contributed by atoms with E-state index in [0.717, 1.165) is 5.56 Å². The number of nitrogens with one attached hydrogen (secondary N) is 2. The molecule has 0 radical (unpaired) electrons. The number of carbonyl (C=O) groups excluding carboxylic acids is 2. The van der Waals surface area contributed by atoms with Crippen LogP contribution < -0.4 is 10.6 Å². The largest absolute Gasteiger partial charge is 0.507 e. The predicted octanol–water partition coefficient (Wildman–Crippen LogP) is 4.49. The quantitative estimate of drug-likeness (QED) is 0.416. The molecule has 0 atom stereocenters. The summed E-state index contributed by atoms with van der Waals surface area (Å²) in [5, 5.41) is 15.6. The Balaban J connectivity index is 1.62. The summed E-state index contributed by atoms with van der Waals surface area (Å²) in [7, 11) is 0. The maximum atomic E-state index is 14.6. The van der Waals surface area contributed by atoms with Crippen LogP contribution in [0.3, 0.4) is 0 Å². The van der Waals surface area contributed by atoms with Gasteiger partial charge in [0.25, 0.3) is 11.8 Å². The molecule has 0 aliphatic carbocycles. The molecule has 2 aromatic carbocycles. The van der Waals surface area contributed by atoms with E-state index in [9.17, 15) is 19.1 Å². The molecular weight excluding hydrogens is 411 g/mol. The molecule has 164 valence electrons. The number of amides is 2. The molecule has 0 fully saturated rings. The van der Waals surface area contributed by atoms with E-state index >= 15 is 0 Å². The number of aromatic hydroxyl groups is 1. The lowest BCUT2D eigenvalue weighted by atomic mass is 9.83. The van der Waals surface area contributed by atoms with Crippen LogP contribution in [0.25, 0.3) is 16.7 Å². The van der Waals surface area contributed by atoms with Gasteiger partial charge in [0, 0.05) is 40.6 Å². The highest BCUT2D eigenvalue weighted by Crippen LogP contribution is 2.32. The minimum Gasteiger partial charge on any atom is -0.507 e. The normalized spacial score (nSPS) is 14.9. The van der Waals surface area contributed by atoms with Gasteiger partial charge in [-0.15, -0.1) is 0 Å². The van der Waals surface area contributed by atoms with E-state index in [4.69, 9.17) is 4.42 Å². The number of furan rings is 1. The molecule has 0 saturated heterocycles. The molecule has 0 spiro atoms. The molecule has 32 heavy (non-hydrogen) atoms. The van der Waals surface area contributed by atoms with E-state index < -0.39 is 17.6 Å². The Bertz CT molecular complexity index is 1240. The number of fused-ring (bicyclic) bond motifs is 1. The van der Waals surface area contributed by atoms with Gasteiger partial charge in [-0.2, -0.15) is 0 Å². The molecule has 1 aliphatic heterocycles. The molecule has 0 unspecified atom stereocenters. The lowest BCUT2D eigenvalue weighted by Crippen LogP contribution is -2.37. The van der Waals surface area contributed by atoms with Crippen LogP contribution in [0.5, 0.6) is 5.75 Å². The number of rotatable bonds is 4. The summed E-state index contributed by atoms with van der Waals surface area (Å²) in [5.74, 6) is -1.57. The molecule has 3 aromatic rings. The van der Waals surface area contributed by atoms with Gasteiger partial charge < -0.3 is 14.8 Å². The van der Waals surface area contributed by atoms with Crippen molar-refractivity contribution in [1.82, 2.24) is 10.6 Å². The summed E-state index contributed by atoms with van der Waals surface area (Å²) in [6.45, 7) is 6.17. The average Bonchev–Trinajstić information content (AvgIpc) is 3.26. The van der Waals surface area contributed by atoms with E-state index in [1.165, 1.54) is 30.9 Å². The Morgan fingerprint density at radius 1 is 1.06 bits per heavy atom. The highest BCUT2D eigenvalue weighted by Gasteiger charge is 2.28. The Morgan fingerprint density at radius 3 is 2.53 bits per heavy atom. The summed E-state index contributed by atoms with van der Waals surface area (Å²) < 4.78 is 19.6. The van der Waals surface area contributed by atoms with Crippen LogP contribution in [0.4, 0.5) is 4.39 Å². The second kappa shape index (κ2) is 8.00. The van der Waals surface area contributed by atoms with Crippen molar-refractivity contribution in [3.05, 3.63) is 83.2 Å². The topological polar surface area (TPSA) is 91.6 Å². The number of hydrogen-bond donors (Lipinski definition) is 3. The van der Waals surface area contributed by atoms with E-state index in [0.29, 0.717) is 22.3 Å². The van der Waals surface area contributed by atoms with Gasteiger partial charge in [-0.25, -0.2) is 4.39 Å². The Morgan fingerprint density at radius 2 is 1.84 bits per heavy atom. The number of phenolic OH excluding ortho intramolecular Hbond substituents is 1. The van der Waals surface area contributed by atoms with Crippen LogP contribution in [0.2, 0.25) is 0 Å². The summed E-state index contributed by atoms with van der Waals surface area (Å²) in [6, 6.07) is 9.62. The summed E-state index contributed by atoms with van der Waals surface area (Å²) in [5.41, 5.74) is 3.15. The van der Waals surface area contributed by atoms with Crippen molar-refractivity contribution in [1.29, 1.82) is 0 Å². The zero-order valence-corrected chi connectivity index (χ0v) is 18.0. The molecule has 7 heteroatoms. The first-order valence-electron chi connectivity index (χ1n) is 10.1. The highest BCUT2D eigenvalue weighted by atomic mass is 19.1. The van der Waals surface area contributed by atoms with Crippen molar-refractivity contribution < 1.29 is 23.5 Å². The van der Waals surface area contributed by atoms with Gasteiger partial charge in [0.05, 0.1) is 18.1 Å². The number of carbonyl (C=O) groups is 2. The van der Waals surface area contributed by atoms with Crippen LogP contribution in [0.1, 0.15) is 47.8 Å². The van der Waals surface area contributed by atoms with Crippen molar-refractivity contribution in [2.75, 3.05) is 0 Å². The van der Waals surface area contributed by atoms with Crippen LogP contribution >= 0.6 is 0 Å². The third-order valence-corrected chi connectivity index (χ3v) is 5.43. The van der Waals surface area contributed by atoms with Crippen molar-refractivity contribution in [3.8, 4) is 16.9 Å². The van der Waals surface area contributed by atoms with E-state index in [1.54, 1.807) is 12.1 Å². The van der Waals surface area contributed by atoms with Crippen molar-refractivity contribution in [3.63, 3.8) is 0 Å². The molecule has 1 aromatic heterocycles. The molecule has 0 bridgehead atoms. The Labute approximate surface area is 184 Å². The van der Waals surface area contributed by atoms with E-state index in [2.05, 4.69) is 10.6 Å². The molecule has 2 amide bonds. The number of imide groups is 1. The number of hydrogen-bond acceptors (Lipinski definition) is 5.